The molecule has 0 atom stereocenters. The van der Waals surface area contributed by atoms with Crippen LogP contribution >= 0.6 is 0 Å². The molecule has 0 aromatic carbocycles. The van der Waals surface area contributed by atoms with E-state index < -0.39 is 5.97 Å². The van der Waals surface area contributed by atoms with Gasteiger partial charge in [0, 0.05) is 38.3 Å². The third kappa shape index (κ3) is 3.59. The molecule has 20 heavy (non-hydrogen) atoms. The summed E-state index contributed by atoms with van der Waals surface area (Å²) in [5, 5.41) is 11.8. The van der Waals surface area contributed by atoms with Crippen molar-refractivity contribution >= 4 is 11.9 Å². The van der Waals surface area contributed by atoms with Crippen molar-refractivity contribution < 1.29 is 14.7 Å². The van der Waals surface area contributed by atoms with Crippen LogP contribution in [-0.4, -0.2) is 33.1 Å². The molecule has 2 N–H and O–H groups in total. The fraction of sp³-hybridized carbons (Fsp3) is 0.643. The van der Waals surface area contributed by atoms with Crippen LogP contribution in [0.1, 0.15) is 31.5 Å². The van der Waals surface area contributed by atoms with E-state index in [0.717, 1.165) is 5.82 Å². The Labute approximate surface area is 118 Å². The SMILES string of the molecule is Cn1ccnc1CCNC(=O)C1CCC(C(=O)O)CC1. The molecular formula is C14H21N3O3. The second-order valence-electron chi connectivity index (χ2n) is 5.38. The summed E-state index contributed by atoms with van der Waals surface area (Å²) in [5.74, 6) is -0.0554. The third-order valence-corrected chi connectivity index (χ3v) is 4.02. The minimum absolute atomic E-state index is 0.0352. The van der Waals surface area contributed by atoms with Crippen LogP contribution in [0.2, 0.25) is 0 Å². The standard InChI is InChI=1S/C14H21N3O3/c1-17-9-8-15-12(17)6-7-16-13(18)10-2-4-11(5-3-10)14(19)20/h8-11H,2-7H2,1H3,(H,16,18)(H,19,20). The van der Waals surface area contributed by atoms with Gasteiger partial charge < -0.3 is 15.0 Å². The Morgan fingerprint density at radius 1 is 1.35 bits per heavy atom. The molecular weight excluding hydrogens is 258 g/mol. The van der Waals surface area contributed by atoms with Crippen LogP contribution in [0.4, 0.5) is 0 Å². The summed E-state index contributed by atoms with van der Waals surface area (Å²) >= 11 is 0. The van der Waals surface area contributed by atoms with Gasteiger partial charge in [-0.15, -0.1) is 0 Å². The Morgan fingerprint density at radius 3 is 2.55 bits per heavy atom. The van der Waals surface area contributed by atoms with Crippen molar-refractivity contribution in [2.24, 2.45) is 18.9 Å². The second-order valence-corrected chi connectivity index (χ2v) is 5.38. The van der Waals surface area contributed by atoms with Crippen molar-refractivity contribution in [1.29, 1.82) is 0 Å². The number of carbonyl (C=O) groups is 2. The number of hydrogen-bond acceptors (Lipinski definition) is 3. The first-order valence-electron chi connectivity index (χ1n) is 7.04. The molecule has 6 heteroatoms. The summed E-state index contributed by atoms with van der Waals surface area (Å²) in [6.07, 6.45) is 6.88. The molecule has 1 aromatic heterocycles. The van der Waals surface area contributed by atoms with E-state index in [2.05, 4.69) is 10.3 Å². The minimum atomic E-state index is -0.737. The van der Waals surface area contributed by atoms with Gasteiger partial charge in [0.25, 0.3) is 0 Å². The number of carboxylic acids is 1. The number of hydrogen-bond donors (Lipinski definition) is 2. The molecule has 1 fully saturated rings. The van der Waals surface area contributed by atoms with Gasteiger partial charge in [0.05, 0.1) is 5.92 Å². The molecule has 1 aliphatic carbocycles. The van der Waals surface area contributed by atoms with Gasteiger partial charge >= 0.3 is 5.97 Å². The summed E-state index contributed by atoms with van der Waals surface area (Å²) in [4.78, 5) is 27.1. The van der Waals surface area contributed by atoms with Gasteiger partial charge in [-0.3, -0.25) is 9.59 Å². The predicted octanol–water partition coefficient (Wildman–Crippen LogP) is 0.970. The topological polar surface area (TPSA) is 84.2 Å². The molecule has 0 aliphatic heterocycles. The number of aliphatic carboxylic acids is 1. The van der Waals surface area contributed by atoms with Crippen LogP contribution in [0.25, 0.3) is 0 Å². The van der Waals surface area contributed by atoms with E-state index in [1.165, 1.54) is 0 Å². The monoisotopic (exact) mass is 279 g/mol. The highest BCUT2D eigenvalue weighted by Crippen LogP contribution is 2.28. The van der Waals surface area contributed by atoms with Crippen LogP contribution in [0.5, 0.6) is 0 Å². The average Bonchev–Trinajstić information content (AvgIpc) is 2.84. The maximum absolute atomic E-state index is 12.0. The van der Waals surface area contributed by atoms with Gasteiger partial charge in [0.2, 0.25) is 5.91 Å². The first kappa shape index (κ1) is 14.6. The Kier molecular flexibility index (Phi) is 4.76. The summed E-state index contributed by atoms with van der Waals surface area (Å²) < 4.78 is 1.93. The Morgan fingerprint density at radius 2 is 2.00 bits per heavy atom. The summed E-state index contributed by atoms with van der Waals surface area (Å²) in [6, 6.07) is 0. The summed E-state index contributed by atoms with van der Waals surface area (Å²) in [5.41, 5.74) is 0. The third-order valence-electron chi connectivity index (χ3n) is 4.02. The number of nitrogens with one attached hydrogen (secondary N) is 1. The van der Waals surface area contributed by atoms with E-state index in [1.54, 1.807) is 6.20 Å². The maximum Gasteiger partial charge on any atom is 0.306 e. The minimum Gasteiger partial charge on any atom is -0.481 e. The Balaban J connectivity index is 1.71. The summed E-state index contributed by atoms with van der Waals surface area (Å²) in [6.45, 7) is 0.572. The van der Waals surface area contributed by atoms with Gasteiger partial charge in [0.15, 0.2) is 0 Å². The number of aromatic nitrogens is 2. The number of carbonyl (C=O) groups excluding carboxylic acids is 1. The van der Waals surface area contributed by atoms with E-state index in [9.17, 15) is 9.59 Å². The highest BCUT2D eigenvalue weighted by molar-refractivity contribution is 5.79. The smallest absolute Gasteiger partial charge is 0.306 e. The fourth-order valence-electron chi connectivity index (χ4n) is 2.68. The first-order valence-corrected chi connectivity index (χ1v) is 7.04. The largest absolute Gasteiger partial charge is 0.481 e. The summed E-state index contributed by atoms with van der Waals surface area (Å²) in [7, 11) is 1.93. The number of imidazole rings is 1. The van der Waals surface area contributed by atoms with E-state index in [1.807, 2.05) is 17.8 Å². The molecule has 1 heterocycles. The van der Waals surface area contributed by atoms with Crippen molar-refractivity contribution in [3.63, 3.8) is 0 Å². The molecule has 2 rings (SSSR count). The van der Waals surface area contributed by atoms with Crippen LogP contribution in [0.15, 0.2) is 12.4 Å². The van der Waals surface area contributed by atoms with Crippen LogP contribution in [0.3, 0.4) is 0 Å². The zero-order valence-corrected chi connectivity index (χ0v) is 11.7. The molecule has 0 spiro atoms. The lowest BCUT2D eigenvalue weighted by molar-refractivity contribution is -0.144. The van der Waals surface area contributed by atoms with Crippen molar-refractivity contribution in [2.45, 2.75) is 32.1 Å². The van der Waals surface area contributed by atoms with Gasteiger partial charge in [-0.1, -0.05) is 0 Å². The number of rotatable bonds is 5. The van der Waals surface area contributed by atoms with Gasteiger partial charge in [-0.2, -0.15) is 0 Å². The second kappa shape index (κ2) is 6.54. The zero-order valence-electron chi connectivity index (χ0n) is 11.7. The molecule has 110 valence electrons. The zero-order chi connectivity index (χ0) is 14.5. The molecule has 1 aromatic rings. The van der Waals surface area contributed by atoms with E-state index in [-0.39, 0.29) is 17.7 Å². The van der Waals surface area contributed by atoms with Crippen molar-refractivity contribution in [1.82, 2.24) is 14.9 Å². The van der Waals surface area contributed by atoms with Gasteiger partial charge in [0.1, 0.15) is 5.82 Å². The van der Waals surface area contributed by atoms with Crippen LogP contribution in [-0.2, 0) is 23.1 Å². The number of carboxylic acid groups (broad SMARTS) is 1. The van der Waals surface area contributed by atoms with E-state index >= 15 is 0 Å². The lowest BCUT2D eigenvalue weighted by Crippen LogP contribution is -2.35. The highest BCUT2D eigenvalue weighted by Gasteiger charge is 2.29. The number of aryl methyl sites for hydroxylation is 1. The molecule has 0 unspecified atom stereocenters. The number of amides is 1. The predicted molar refractivity (Wildman–Crippen MR) is 73.0 cm³/mol. The molecule has 1 aliphatic rings. The van der Waals surface area contributed by atoms with Crippen LogP contribution in [0, 0.1) is 11.8 Å². The van der Waals surface area contributed by atoms with Gasteiger partial charge in [-0.25, -0.2) is 4.98 Å². The normalized spacial score (nSPS) is 22.4. The molecule has 0 radical (unpaired) electrons. The quantitative estimate of drug-likeness (QED) is 0.841. The highest BCUT2D eigenvalue weighted by atomic mass is 16.4. The van der Waals surface area contributed by atoms with E-state index in [0.29, 0.717) is 38.6 Å². The number of nitrogens with zero attached hydrogens (tertiary/aromatic N) is 2. The van der Waals surface area contributed by atoms with E-state index in [4.69, 9.17) is 5.11 Å². The molecule has 1 saturated carbocycles. The fourth-order valence-corrected chi connectivity index (χ4v) is 2.68. The maximum atomic E-state index is 12.0. The molecule has 0 bridgehead atoms. The Hall–Kier alpha value is -1.85. The van der Waals surface area contributed by atoms with Crippen molar-refractivity contribution in [3.8, 4) is 0 Å². The van der Waals surface area contributed by atoms with Gasteiger partial charge in [-0.05, 0) is 25.7 Å². The first-order chi connectivity index (χ1) is 9.58. The lowest BCUT2D eigenvalue weighted by atomic mass is 9.81. The average molecular weight is 279 g/mol. The van der Waals surface area contributed by atoms with Crippen molar-refractivity contribution in [3.05, 3.63) is 18.2 Å². The molecule has 0 saturated heterocycles. The molecule has 6 nitrogen and oxygen atoms in total. The molecule has 1 amide bonds. The van der Waals surface area contributed by atoms with Crippen LogP contribution < -0.4 is 5.32 Å². The lowest BCUT2D eigenvalue weighted by Gasteiger charge is -2.25. The Bertz CT molecular complexity index is 476. The van der Waals surface area contributed by atoms with Crippen molar-refractivity contribution in [2.75, 3.05) is 6.54 Å².